The second kappa shape index (κ2) is 5.05. The third-order valence-corrected chi connectivity index (χ3v) is 4.55. The Morgan fingerprint density at radius 3 is 2.64 bits per heavy atom. The van der Waals surface area contributed by atoms with Crippen molar-refractivity contribution >= 4 is 23.6 Å². The molecular weight excluding hydrogens is 221 g/mol. The molecule has 0 bridgehead atoms. The average molecular weight is 235 g/mol. The topological polar surface area (TPSA) is 49.8 Å². The fourth-order valence-electron chi connectivity index (χ4n) is 0.967. The molecule has 1 unspecified atom stereocenters. The number of hydrogen-bond donors (Lipinski definition) is 1. The maximum atomic E-state index is 11.7. The summed E-state index contributed by atoms with van der Waals surface area (Å²) in [6, 6.07) is 3.34. The van der Waals surface area contributed by atoms with Gasteiger partial charge >= 0.3 is 7.60 Å². The number of nitrogens with zero attached hydrogens (tertiary/aromatic N) is 1. The largest absolute Gasteiger partial charge is 0.385 e. The van der Waals surface area contributed by atoms with Gasteiger partial charge in [-0.05, 0) is 11.4 Å². The van der Waals surface area contributed by atoms with Crippen LogP contribution in [0.15, 0.2) is 17.5 Å². The highest BCUT2D eigenvalue weighted by molar-refractivity contribution is 7.67. The summed E-state index contributed by atoms with van der Waals surface area (Å²) in [5.74, 6) is 0. The minimum atomic E-state index is -3.64. The molecule has 6 heteroatoms. The van der Waals surface area contributed by atoms with Crippen molar-refractivity contribution in [3.05, 3.63) is 17.5 Å². The summed E-state index contributed by atoms with van der Waals surface area (Å²) in [6.07, 6.45) is 0. The first kappa shape index (κ1) is 11.9. The maximum Gasteiger partial charge on any atom is 0.385 e. The molecular formula is C8H14NO3PS. The molecule has 0 amide bonds. The molecule has 1 N–H and O–H groups in total. The first-order valence-corrected chi connectivity index (χ1v) is 6.87. The Balaban J connectivity index is 2.72. The molecule has 1 atom stereocenters. The van der Waals surface area contributed by atoms with Crippen molar-refractivity contribution in [1.29, 1.82) is 0 Å². The number of hydroxylamine groups is 2. The summed E-state index contributed by atoms with van der Waals surface area (Å²) in [4.78, 5) is 9.61. The predicted molar refractivity (Wildman–Crippen MR) is 57.8 cm³/mol. The summed E-state index contributed by atoms with van der Waals surface area (Å²) >= 11 is 1.23. The SMILES string of the molecule is CCN(CC)OP(=O)(O)c1cccs1. The van der Waals surface area contributed by atoms with Crippen molar-refractivity contribution in [3.8, 4) is 0 Å². The lowest BCUT2D eigenvalue weighted by atomic mass is 10.6. The number of rotatable bonds is 5. The van der Waals surface area contributed by atoms with Crippen LogP contribution in [0.5, 0.6) is 0 Å². The van der Waals surface area contributed by atoms with Crippen molar-refractivity contribution < 1.29 is 14.1 Å². The van der Waals surface area contributed by atoms with E-state index in [1.54, 1.807) is 17.5 Å². The van der Waals surface area contributed by atoms with E-state index in [0.717, 1.165) is 0 Å². The van der Waals surface area contributed by atoms with Gasteiger partial charge in [0.1, 0.15) is 4.62 Å². The first-order valence-electron chi connectivity index (χ1n) is 4.41. The zero-order valence-electron chi connectivity index (χ0n) is 8.21. The Morgan fingerprint density at radius 2 is 2.21 bits per heavy atom. The lowest BCUT2D eigenvalue weighted by Gasteiger charge is -2.20. The zero-order valence-corrected chi connectivity index (χ0v) is 9.92. The van der Waals surface area contributed by atoms with Crippen LogP contribution in [0.2, 0.25) is 0 Å². The third-order valence-electron chi connectivity index (χ3n) is 1.72. The Kier molecular flexibility index (Phi) is 4.29. The van der Waals surface area contributed by atoms with Crippen LogP contribution in [0.3, 0.4) is 0 Å². The van der Waals surface area contributed by atoms with Crippen LogP contribution in [0.4, 0.5) is 0 Å². The van der Waals surface area contributed by atoms with Gasteiger partial charge < -0.3 is 4.89 Å². The average Bonchev–Trinajstić information content (AvgIpc) is 2.67. The maximum absolute atomic E-state index is 11.7. The van der Waals surface area contributed by atoms with Crippen molar-refractivity contribution in [2.24, 2.45) is 0 Å². The van der Waals surface area contributed by atoms with Crippen LogP contribution in [0.1, 0.15) is 13.8 Å². The second-order valence-corrected chi connectivity index (χ2v) is 5.60. The normalized spacial score (nSPS) is 15.7. The summed E-state index contributed by atoms with van der Waals surface area (Å²) in [5.41, 5.74) is 0. The van der Waals surface area contributed by atoms with Gasteiger partial charge in [-0.15, -0.1) is 11.3 Å². The molecule has 0 aliphatic heterocycles. The lowest BCUT2D eigenvalue weighted by Crippen LogP contribution is -2.23. The fourth-order valence-corrected chi connectivity index (χ4v) is 3.13. The van der Waals surface area contributed by atoms with Crippen LogP contribution in [-0.2, 0) is 9.19 Å². The molecule has 0 aromatic carbocycles. The van der Waals surface area contributed by atoms with Gasteiger partial charge in [0.05, 0.1) is 0 Å². The summed E-state index contributed by atoms with van der Waals surface area (Å²) < 4.78 is 17.1. The van der Waals surface area contributed by atoms with Crippen LogP contribution in [0, 0.1) is 0 Å². The molecule has 0 saturated carbocycles. The van der Waals surface area contributed by atoms with E-state index in [4.69, 9.17) is 4.62 Å². The standard InChI is InChI=1S/C8H14NO3PS/c1-3-9(4-2)12-13(10,11)8-6-5-7-14-8/h5-7H,3-4H2,1-2H3,(H,10,11). The minimum Gasteiger partial charge on any atom is -0.319 e. The van der Waals surface area contributed by atoms with E-state index in [1.165, 1.54) is 16.4 Å². The molecule has 80 valence electrons. The van der Waals surface area contributed by atoms with Gasteiger partial charge in [-0.1, -0.05) is 19.9 Å². The van der Waals surface area contributed by atoms with Crippen molar-refractivity contribution in [1.82, 2.24) is 5.06 Å². The van der Waals surface area contributed by atoms with E-state index in [9.17, 15) is 9.46 Å². The van der Waals surface area contributed by atoms with Crippen LogP contribution in [0.25, 0.3) is 0 Å². The molecule has 0 aliphatic carbocycles. The van der Waals surface area contributed by atoms with E-state index < -0.39 is 7.60 Å². The molecule has 0 spiro atoms. The van der Waals surface area contributed by atoms with Crippen LogP contribution in [-0.4, -0.2) is 23.0 Å². The van der Waals surface area contributed by atoms with E-state index in [1.807, 2.05) is 13.8 Å². The van der Waals surface area contributed by atoms with Crippen molar-refractivity contribution in [2.45, 2.75) is 13.8 Å². The predicted octanol–water partition coefficient (Wildman–Crippen LogP) is 1.83. The van der Waals surface area contributed by atoms with Gasteiger partial charge in [0, 0.05) is 13.1 Å². The fraction of sp³-hybridized carbons (Fsp3) is 0.500. The molecule has 4 nitrogen and oxygen atoms in total. The summed E-state index contributed by atoms with van der Waals surface area (Å²) in [6.45, 7) is 4.93. The summed E-state index contributed by atoms with van der Waals surface area (Å²) in [7, 11) is -3.64. The molecule has 1 aromatic heterocycles. The van der Waals surface area contributed by atoms with Crippen molar-refractivity contribution in [2.75, 3.05) is 13.1 Å². The summed E-state index contributed by atoms with van der Waals surface area (Å²) in [5, 5.41) is 3.23. The minimum absolute atomic E-state index is 0.379. The van der Waals surface area contributed by atoms with Crippen LogP contribution >= 0.6 is 18.9 Å². The van der Waals surface area contributed by atoms with Gasteiger partial charge in [-0.25, -0.2) is 4.62 Å². The monoisotopic (exact) mass is 235 g/mol. The van der Waals surface area contributed by atoms with E-state index >= 15 is 0 Å². The zero-order chi connectivity index (χ0) is 10.6. The number of thiophene rings is 1. The Hall–Kier alpha value is -0.190. The van der Waals surface area contributed by atoms with Gasteiger partial charge in [-0.2, -0.15) is 5.06 Å². The first-order chi connectivity index (χ1) is 6.60. The van der Waals surface area contributed by atoms with Crippen LogP contribution < -0.4 is 4.62 Å². The Morgan fingerprint density at radius 1 is 1.57 bits per heavy atom. The van der Waals surface area contributed by atoms with E-state index in [2.05, 4.69) is 0 Å². The lowest BCUT2D eigenvalue weighted by molar-refractivity contribution is -0.0547. The molecule has 0 fully saturated rings. The number of hydrogen-bond acceptors (Lipinski definition) is 4. The van der Waals surface area contributed by atoms with Gasteiger partial charge in [-0.3, -0.25) is 4.57 Å². The Labute approximate surface area is 87.6 Å². The Bertz CT molecular complexity index is 310. The van der Waals surface area contributed by atoms with Gasteiger partial charge in [0.25, 0.3) is 0 Å². The molecule has 1 heterocycles. The highest BCUT2D eigenvalue weighted by atomic mass is 32.1. The molecule has 14 heavy (non-hydrogen) atoms. The molecule has 1 aromatic rings. The molecule has 0 aliphatic rings. The molecule has 1 rings (SSSR count). The van der Waals surface area contributed by atoms with E-state index in [0.29, 0.717) is 17.7 Å². The highest BCUT2D eigenvalue weighted by Crippen LogP contribution is 2.42. The van der Waals surface area contributed by atoms with Crippen molar-refractivity contribution in [3.63, 3.8) is 0 Å². The molecule has 0 radical (unpaired) electrons. The second-order valence-electron chi connectivity index (χ2n) is 2.67. The highest BCUT2D eigenvalue weighted by Gasteiger charge is 2.26. The van der Waals surface area contributed by atoms with E-state index in [-0.39, 0.29) is 0 Å². The smallest absolute Gasteiger partial charge is 0.319 e. The third kappa shape index (κ3) is 2.90. The van der Waals surface area contributed by atoms with Gasteiger partial charge in [0.2, 0.25) is 0 Å². The van der Waals surface area contributed by atoms with Gasteiger partial charge in [0.15, 0.2) is 0 Å². The quantitative estimate of drug-likeness (QED) is 0.625. The molecule has 0 saturated heterocycles.